The molecule has 28 heavy (non-hydrogen) atoms. The number of esters is 1. The van der Waals surface area contributed by atoms with Crippen LogP contribution in [0.25, 0.3) is 0 Å². The summed E-state index contributed by atoms with van der Waals surface area (Å²) in [7, 11) is 1.28. The Morgan fingerprint density at radius 3 is 2.57 bits per heavy atom. The number of carbonyl (C=O) groups is 1. The highest BCUT2D eigenvalue weighted by Gasteiger charge is 2.09. The lowest BCUT2D eigenvalue weighted by molar-refractivity contribution is 0.0600. The number of halogens is 1. The Morgan fingerprint density at radius 2 is 1.89 bits per heavy atom. The molecule has 6 heteroatoms. The molecule has 3 aromatic carbocycles. The Hall–Kier alpha value is -3.31. The van der Waals surface area contributed by atoms with Gasteiger partial charge in [0.2, 0.25) is 0 Å². The van der Waals surface area contributed by atoms with Crippen molar-refractivity contribution >= 4 is 29.5 Å². The van der Waals surface area contributed by atoms with Gasteiger partial charge in [-0.15, -0.1) is 0 Å². The molecule has 0 saturated carbocycles. The number of nitrogens with zero attached hydrogens (tertiary/aromatic N) is 1. The highest BCUT2D eigenvalue weighted by atomic mass is 35.5. The molecule has 142 valence electrons. The molecule has 0 aliphatic rings. The number of phenolic OH excluding ortho intramolecular Hbond substituents is 1. The third-order valence-corrected chi connectivity index (χ3v) is 4.24. The number of hydrogen-bond acceptors (Lipinski definition) is 5. The van der Waals surface area contributed by atoms with E-state index >= 15 is 0 Å². The van der Waals surface area contributed by atoms with Gasteiger partial charge in [0.05, 0.1) is 17.7 Å². The first-order chi connectivity index (χ1) is 13.6. The van der Waals surface area contributed by atoms with Gasteiger partial charge in [0.1, 0.15) is 23.8 Å². The highest BCUT2D eigenvalue weighted by molar-refractivity contribution is 6.32. The van der Waals surface area contributed by atoms with Crippen molar-refractivity contribution in [3.8, 4) is 11.5 Å². The van der Waals surface area contributed by atoms with E-state index in [1.165, 1.54) is 25.3 Å². The predicted octanol–water partition coefficient (Wildman–Crippen LogP) is 5.16. The molecule has 0 aromatic heterocycles. The summed E-state index contributed by atoms with van der Waals surface area (Å²) in [5, 5.41) is 10.5. The van der Waals surface area contributed by atoms with Crippen LogP contribution in [0.2, 0.25) is 5.02 Å². The quantitative estimate of drug-likeness (QED) is 0.462. The average Bonchev–Trinajstić information content (AvgIpc) is 2.72. The summed E-state index contributed by atoms with van der Waals surface area (Å²) in [6.07, 6.45) is 1.57. The maximum absolute atomic E-state index is 11.5. The minimum Gasteiger partial charge on any atom is -0.506 e. The van der Waals surface area contributed by atoms with Crippen LogP contribution in [0.1, 0.15) is 21.5 Å². The number of rotatable bonds is 6. The predicted molar refractivity (Wildman–Crippen MR) is 109 cm³/mol. The lowest BCUT2D eigenvalue weighted by Crippen LogP contribution is -2.00. The molecular weight excluding hydrogens is 378 g/mol. The van der Waals surface area contributed by atoms with E-state index in [4.69, 9.17) is 16.3 Å². The van der Waals surface area contributed by atoms with Gasteiger partial charge in [-0.1, -0.05) is 41.9 Å². The molecule has 0 unspecified atom stereocenters. The van der Waals surface area contributed by atoms with Crippen LogP contribution in [0, 0.1) is 0 Å². The minimum atomic E-state index is -0.524. The van der Waals surface area contributed by atoms with Gasteiger partial charge in [0.25, 0.3) is 0 Å². The van der Waals surface area contributed by atoms with Gasteiger partial charge in [-0.2, -0.15) is 0 Å². The zero-order valence-electron chi connectivity index (χ0n) is 15.1. The van der Waals surface area contributed by atoms with Gasteiger partial charge in [-0.3, -0.25) is 4.99 Å². The van der Waals surface area contributed by atoms with E-state index in [2.05, 4.69) is 9.73 Å². The Bertz CT molecular complexity index is 1000. The molecule has 3 aromatic rings. The molecule has 0 radical (unpaired) electrons. The van der Waals surface area contributed by atoms with Crippen LogP contribution >= 0.6 is 11.6 Å². The van der Waals surface area contributed by atoms with Gasteiger partial charge in [0, 0.05) is 6.21 Å². The lowest BCUT2D eigenvalue weighted by atomic mass is 10.2. The maximum Gasteiger partial charge on any atom is 0.337 e. The smallest absolute Gasteiger partial charge is 0.337 e. The summed E-state index contributed by atoms with van der Waals surface area (Å²) >= 11 is 6.29. The fourth-order valence-corrected chi connectivity index (χ4v) is 2.71. The van der Waals surface area contributed by atoms with Crippen molar-refractivity contribution in [1.82, 2.24) is 0 Å². The van der Waals surface area contributed by atoms with E-state index in [0.717, 1.165) is 11.1 Å². The van der Waals surface area contributed by atoms with Gasteiger partial charge < -0.3 is 14.6 Å². The number of aliphatic imine (C=N–C) groups is 1. The largest absolute Gasteiger partial charge is 0.506 e. The van der Waals surface area contributed by atoms with Crippen molar-refractivity contribution in [2.24, 2.45) is 4.99 Å². The average molecular weight is 396 g/mol. The van der Waals surface area contributed by atoms with Gasteiger partial charge >= 0.3 is 5.97 Å². The molecule has 0 atom stereocenters. The normalized spacial score (nSPS) is 10.8. The third kappa shape index (κ3) is 4.90. The van der Waals surface area contributed by atoms with Crippen molar-refractivity contribution in [2.75, 3.05) is 7.11 Å². The molecule has 0 fully saturated rings. The molecule has 0 aliphatic heterocycles. The molecule has 0 spiro atoms. The molecule has 0 aliphatic carbocycles. The molecule has 0 heterocycles. The second kappa shape index (κ2) is 9.06. The molecule has 0 bridgehead atoms. The van der Waals surface area contributed by atoms with Crippen LogP contribution in [0.3, 0.4) is 0 Å². The number of carbonyl (C=O) groups excluding carboxylic acids is 1. The van der Waals surface area contributed by atoms with Crippen molar-refractivity contribution in [1.29, 1.82) is 0 Å². The zero-order valence-corrected chi connectivity index (χ0v) is 15.9. The number of aromatic hydroxyl groups is 1. The summed E-state index contributed by atoms with van der Waals surface area (Å²) in [5.74, 6) is -0.0651. The number of ether oxygens (including phenoxy) is 2. The number of benzene rings is 3. The van der Waals surface area contributed by atoms with E-state index in [1.807, 2.05) is 36.4 Å². The van der Waals surface area contributed by atoms with E-state index < -0.39 is 5.97 Å². The number of hydrogen-bond donors (Lipinski definition) is 1. The fraction of sp³-hybridized carbons (Fsp3) is 0.0909. The van der Waals surface area contributed by atoms with Crippen molar-refractivity contribution in [2.45, 2.75) is 6.61 Å². The van der Waals surface area contributed by atoms with E-state index in [1.54, 1.807) is 18.3 Å². The van der Waals surface area contributed by atoms with Gasteiger partial charge in [-0.05, 0) is 47.5 Å². The molecule has 3 rings (SSSR count). The third-order valence-electron chi connectivity index (χ3n) is 3.94. The first-order valence-corrected chi connectivity index (χ1v) is 8.86. The molecule has 0 saturated heterocycles. The zero-order chi connectivity index (χ0) is 19.9. The number of methoxy groups -OCH3 is 1. The topological polar surface area (TPSA) is 68.1 Å². The number of phenols is 1. The summed E-state index contributed by atoms with van der Waals surface area (Å²) in [5.41, 5.74) is 2.37. The van der Waals surface area contributed by atoms with E-state index in [9.17, 15) is 9.90 Å². The van der Waals surface area contributed by atoms with E-state index in [0.29, 0.717) is 23.1 Å². The van der Waals surface area contributed by atoms with Gasteiger partial charge in [0.15, 0.2) is 0 Å². The molecule has 0 amide bonds. The Morgan fingerprint density at radius 1 is 1.11 bits per heavy atom. The second-order valence-corrected chi connectivity index (χ2v) is 6.32. The second-order valence-electron chi connectivity index (χ2n) is 5.92. The summed E-state index contributed by atoms with van der Waals surface area (Å²) in [6, 6.07) is 19.5. The van der Waals surface area contributed by atoms with Crippen LogP contribution in [-0.4, -0.2) is 24.4 Å². The molecule has 1 N–H and O–H groups in total. The van der Waals surface area contributed by atoms with Gasteiger partial charge in [-0.25, -0.2) is 4.79 Å². The first kappa shape index (κ1) is 19.5. The van der Waals surface area contributed by atoms with Crippen LogP contribution in [-0.2, 0) is 11.3 Å². The summed E-state index contributed by atoms with van der Waals surface area (Å²) < 4.78 is 10.4. The van der Waals surface area contributed by atoms with Crippen LogP contribution in [0.15, 0.2) is 71.7 Å². The van der Waals surface area contributed by atoms with Crippen LogP contribution in [0.5, 0.6) is 11.5 Å². The minimum absolute atomic E-state index is 0.118. The first-order valence-electron chi connectivity index (χ1n) is 8.48. The van der Waals surface area contributed by atoms with Crippen molar-refractivity contribution in [3.05, 3.63) is 88.4 Å². The van der Waals surface area contributed by atoms with Crippen molar-refractivity contribution in [3.63, 3.8) is 0 Å². The Kier molecular flexibility index (Phi) is 6.29. The molecule has 5 nitrogen and oxygen atoms in total. The lowest BCUT2D eigenvalue weighted by Gasteiger charge is -2.08. The highest BCUT2D eigenvalue weighted by Crippen LogP contribution is 2.29. The Balaban J connectivity index is 1.69. The maximum atomic E-state index is 11.5. The monoisotopic (exact) mass is 395 g/mol. The SMILES string of the molecule is COC(=O)c1ccc(N=Cc2ccc(OCc3ccccc3)c(Cl)c2)c(O)c1. The van der Waals surface area contributed by atoms with Crippen molar-refractivity contribution < 1.29 is 19.4 Å². The Labute approximate surface area is 167 Å². The van der Waals surface area contributed by atoms with Crippen LogP contribution < -0.4 is 4.74 Å². The van der Waals surface area contributed by atoms with Crippen LogP contribution in [0.4, 0.5) is 5.69 Å². The summed E-state index contributed by atoms with van der Waals surface area (Å²) in [4.78, 5) is 15.7. The summed E-state index contributed by atoms with van der Waals surface area (Å²) in [6.45, 7) is 0.425. The standard InChI is InChI=1S/C22H18ClNO4/c1-27-22(26)17-8-9-19(20(25)12-17)24-13-16-7-10-21(18(23)11-16)28-14-15-5-3-2-4-6-15/h2-13,25H,14H2,1H3. The molecular formula is C22H18ClNO4. The fourth-order valence-electron chi connectivity index (χ4n) is 2.47. The van der Waals surface area contributed by atoms with E-state index in [-0.39, 0.29) is 11.3 Å².